The van der Waals surface area contributed by atoms with Crippen molar-refractivity contribution in [3.05, 3.63) is 35.9 Å². The van der Waals surface area contributed by atoms with E-state index in [9.17, 15) is 8.78 Å². The monoisotopic (exact) mass is 212 g/mol. The van der Waals surface area contributed by atoms with Crippen LogP contribution in [0.4, 0.5) is 8.78 Å². The van der Waals surface area contributed by atoms with Crippen molar-refractivity contribution in [2.75, 3.05) is 0 Å². The van der Waals surface area contributed by atoms with Crippen LogP contribution < -0.4 is 4.74 Å². The maximum Gasteiger partial charge on any atom is 0.387 e. The standard InChI is InChI=1S/C12H14F2O/c1-9(2)3-4-10-5-7-11(8-6-10)15-12(13)14/h3-9,12H,1-2H3/b4-3+. The molecule has 0 saturated heterocycles. The van der Waals surface area contributed by atoms with Gasteiger partial charge in [-0.15, -0.1) is 0 Å². The van der Waals surface area contributed by atoms with Crippen molar-refractivity contribution in [1.82, 2.24) is 0 Å². The fourth-order valence-electron chi connectivity index (χ4n) is 1.06. The number of benzene rings is 1. The van der Waals surface area contributed by atoms with E-state index in [0.717, 1.165) is 5.56 Å². The summed E-state index contributed by atoms with van der Waals surface area (Å²) in [5.41, 5.74) is 0.977. The number of allylic oxidation sites excluding steroid dienone is 1. The summed E-state index contributed by atoms with van der Waals surface area (Å²) in [7, 11) is 0. The van der Waals surface area contributed by atoms with E-state index in [2.05, 4.69) is 18.6 Å². The van der Waals surface area contributed by atoms with Gasteiger partial charge in [-0.2, -0.15) is 8.78 Å². The van der Waals surface area contributed by atoms with Crippen molar-refractivity contribution in [3.63, 3.8) is 0 Å². The van der Waals surface area contributed by atoms with E-state index in [-0.39, 0.29) is 5.75 Å². The molecule has 0 spiro atoms. The van der Waals surface area contributed by atoms with E-state index >= 15 is 0 Å². The van der Waals surface area contributed by atoms with Gasteiger partial charge >= 0.3 is 6.61 Å². The van der Waals surface area contributed by atoms with Gasteiger partial charge in [0.05, 0.1) is 0 Å². The van der Waals surface area contributed by atoms with Crippen LogP contribution in [0.1, 0.15) is 19.4 Å². The smallest absolute Gasteiger partial charge is 0.387 e. The zero-order valence-electron chi connectivity index (χ0n) is 8.78. The third kappa shape index (κ3) is 4.58. The van der Waals surface area contributed by atoms with E-state index < -0.39 is 6.61 Å². The summed E-state index contributed by atoms with van der Waals surface area (Å²) in [6, 6.07) is 6.56. The molecule has 1 aromatic rings. The first-order chi connectivity index (χ1) is 7.08. The minimum Gasteiger partial charge on any atom is -0.435 e. The Balaban J connectivity index is 2.64. The second kappa shape index (κ2) is 5.49. The van der Waals surface area contributed by atoms with Crippen molar-refractivity contribution >= 4 is 6.08 Å². The highest BCUT2D eigenvalue weighted by molar-refractivity contribution is 5.50. The molecule has 82 valence electrons. The lowest BCUT2D eigenvalue weighted by Crippen LogP contribution is -2.01. The number of alkyl halides is 2. The van der Waals surface area contributed by atoms with Gasteiger partial charge in [0.2, 0.25) is 0 Å². The lowest BCUT2D eigenvalue weighted by molar-refractivity contribution is -0.0498. The Morgan fingerprint density at radius 1 is 1.13 bits per heavy atom. The van der Waals surface area contributed by atoms with Gasteiger partial charge in [-0.3, -0.25) is 0 Å². The Labute approximate surface area is 88.4 Å². The second-order valence-corrected chi connectivity index (χ2v) is 3.55. The Kier molecular flexibility index (Phi) is 4.28. The summed E-state index contributed by atoms with van der Waals surface area (Å²) in [5.74, 6) is 0.661. The molecule has 0 fully saturated rings. The van der Waals surface area contributed by atoms with E-state index in [1.807, 2.05) is 12.2 Å². The van der Waals surface area contributed by atoms with Crippen LogP contribution in [0, 0.1) is 5.92 Å². The largest absolute Gasteiger partial charge is 0.435 e. The van der Waals surface area contributed by atoms with Crippen LogP contribution in [-0.4, -0.2) is 6.61 Å². The fourth-order valence-corrected chi connectivity index (χ4v) is 1.06. The Morgan fingerprint density at radius 2 is 1.73 bits per heavy atom. The van der Waals surface area contributed by atoms with Gasteiger partial charge in [0.15, 0.2) is 0 Å². The van der Waals surface area contributed by atoms with Gasteiger partial charge in [-0.05, 0) is 23.6 Å². The summed E-state index contributed by atoms with van der Waals surface area (Å²) in [6.07, 6.45) is 4.00. The van der Waals surface area contributed by atoms with E-state index in [1.165, 1.54) is 12.1 Å². The quantitative estimate of drug-likeness (QED) is 0.734. The molecule has 0 aliphatic heterocycles. The molecular weight excluding hydrogens is 198 g/mol. The molecule has 0 heterocycles. The molecule has 0 aliphatic carbocycles. The van der Waals surface area contributed by atoms with E-state index in [4.69, 9.17) is 0 Å². The van der Waals surface area contributed by atoms with E-state index in [1.54, 1.807) is 12.1 Å². The van der Waals surface area contributed by atoms with Crippen LogP contribution in [0.3, 0.4) is 0 Å². The molecule has 0 bridgehead atoms. The minimum atomic E-state index is -2.76. The molecule has 3 heteroatoms. The highest BCUT2D eigenvalue weighted by atomic mass is 19.3. The zero-order chi connectivity index (χ0) is 11.3. The highest BCUT2D eigenvalue weighted by Crippen LogP contribution is 2.16. The molecular formula is C12H14F2O. The molecule has 0 saturated carbocycles. The molecule has 15 heavy (non-hydrogen) atoms. The lowest BCUT2D eigenvalue weighted by atomic mass is 10.1. The van der Waals surface area contributed by atoms with Gasteiger partial charge in [0.1, 0.15) is 5.75 Å². The third-order valence-electron chi connectivity index (χ3n) is 1.78. The molecule has 0 radical (unpaired) electrons. The minimum absolute atomic E-state index is 0.187. The second-order valence-electron chi connectivity index (χ2n) is 3.55. The van der Waals surface area contributed by atoms with Crippen molar-refractivity contribution in [2.45, 2.75) is 20.5 Å². The molecule has 0 aliphatic rings. The van der Waals surface area contributed by atoms with E-state index in [0.29, 0.717) is 5.92 Å². The van der Waals surface area contributed by atoms with Gasteiger partial charge in [0.25, 0.3) is 0 Å². The molecule has 0 atom stereocenters. The average molecular weight is 212 g/mol. The number of halogens is 2. The van der Waals surface area contributed by atoms with Gasteiger partial charge < -0.3 is 4.74 Å². The predicted octanol–water partition coefficient (Wildman–Crippen LogP) is 3.96. The lowest BCUT2D eigenvalue weighted by Gasteiger charge is -2.03. The Bertz CT molecular complexity index is 315. The van der Waals surface area contributed by atoms with Gasteiger partial charge in [-0.25, -0.2) is 0 Å². The molecule has 0 N–H and O–H groups in total. The molecule has 0 amide bonds. The van der Waals surface area contributed by atoms with Crippen LogP contribution in [-0.2, 0) is 0 Å². The summed E-state index contributed by atoms with van der Waals surface area (Å²) >= 11 is 0. The van der Waals surface area contributed by atoms with Crippen LogP contribution in [0.5, 0.6) is 5.75 Å². The van der Waals surface area contributed by atoms with Crippen LogP contribution in [0.25, 0.3) is 6.08 Å². The van der Waals surface area contributed by atoms with Gasteiger partial charge in [0, 0.05) is 0 Å². The summed E-state index contributed by atoms with van der Waals surface area (Å²) < 4.78 is 27.9. The first-order valence-electron chi connectivity index (χ1n) is 4.81. The molecule has 1 aromatic carbocycles. The highest BCUT2D eigenvalue weighted by Gasteiger charge is 2.02. The van der Waals surface area contributed by atoms with Crippen LogP contribution in [0.2, 0.25) is 0 Å². The van der Waals surface area contributed by atoms with Crippen LogP contribution >= 0.6 is 0 Å². The molecule has 0 unspecified atom stereocenters. The Morgan fingerprint density at radius 3 is 2.20 bits per heavy atom. The number of rotatable bonds is 4. The normalized spacial score (nSPS) is 11.6. The summed E-state index contributed by atoms with van der Waals surface area (Å²) in [5, 5.41) is 0. The number of hydrogen-bond donors (Lipinski definition) is 0. The average Bonchev–Trinajstić information content (AvgIpc) is 2.16. The molecule has 0 aromatic heterocycles. The predicted molar refractivity (Wildman–Crippen MR) is 56.9 cm³/mol. The first kappa shape index (κ1) is 11.7. The maximum atomic E-state index is 11.8. The number of hydrogen-bond acceptors (Lipinski definition) is 1. The fraction of sp³-hybridized carbons (Fsp3) is 0.333. The number of ether oxygens (including phenoxy) is 1. The Hall–Kier alpha value is -1.38. The van der Waals surface area contributed by atoms with Crippen molar-refractivity contribution in [3.8, 4) is 5.75 Å². The first-order valence-corrected chi connectivity index (χ1v) is 4.81. The SMILES string of the molecule is CC(C)/C=C/c1ccc(OC(F)F)cc1. The topological polar surface area (TPSA) is 9.23 Å². The van der Waals surface area contributed by atoms with Gasteiger partial charge in [-0.1, -0.05) is 38.1 Å². The van der Waals surface area contributed by atoms with Crippen LogP contribution in [0.15, 0.2) is 30.3 Å². The zero-order valence-corrected chi connectivity index (χ0v) is 8.78. The summed E-state index contributed by atoms with van der Waals surface area (Å²) in [4.78, 5) is 0. The summed E-state index contributed by atoms with van der Waals surface area (Å²) in [6.45, 7) is 1.39. The van der Waals surface area contributed by atoms with Crippen molar-refractivity contribution in [2.24, 2.45) is 5.92 Å². The molecule has 1 rings (SSSR count). The van der Waals surface area contributed by atoms with Crippen molar-refractivity contribution < 1.29 is 13.5 Å². The van der Waals surface area contributed by atoms with Crippen molar-refractivity contribution in [1.29, 1.82) is 0 Å². The maximum absolute atomic E-state index is 11.8. The third-order valence-corrected chi connectivity index (χ3v) is 1.78. The molecule has 1 nitrogen and oxygen atoms in total.